The van der Waals surface area contributed by atoms with Crippen LogP contribution >= 0.6 is 17.2 Å². The lowest BCUT2D eigenvalue weighted by atomic mass is 9.99. The van der Waals surface area contributed by atoms with Crippen LogP contribution in [0.1, 0.15) is 11.1 Å². The molecule has 0 aliphatic carbocycles. The van der Waals surface area contributed by atoms with Crippen molar-refractivity contribution in [1.29, 1.82) is 0 Å². The van der Waals surface area contributed by atoms with Crippen LogP contribution in [0.4, 0.5) is 0 Å². The third-order valence-electron chi connectivity index (χ3n) is 6.81. The van der Waals surface area contributed by atoms with Gasteiger partial charge in [-0.05, 0) is 83.9 Å². The van der Waals surface area contributed by atoms with Gasteiger partial charge in [-0.15, -0.1) is 0 Å². The summed E-state index contributed by atoms with van der Waals surface area (Å²) < 4.78 is 38.2. The minimum atomic E-state index is -1.95. The van der Waals surface area contributed by atoms with Gasteiger partial charge in [0.1, 0.15) is 34.5 Å². The maximum atomic E-state index is 6.58. The Morgan fingerprint density at radius 3 is 0.917 bits per heavy atom. The molecule has 0 amide bonds. The van der Waals surface area contributed by atoms with E-state index in [0.717, 1.165) is 22.3 Å². The molecule has 0 saturated carbocycles. The number of rotatable bonds is 15. The Morgan fingerprint density at radius 1 is 0.354 bits per heavy atom. The molecule has 0 bridgehead atoms. The third kappa shape index (κ3) is 8.83. The zero-order valence-electron chi connectivity index (χ0n) is 25.9. The molecule has 0 heterocycles. The van der Waals surface area contributed by atoms with Crippen LogP contribution in [0.25, 0.3) is 23.3 Å². The molecule has 0 fully saturated rings. The summed E-state index contributed by atoms with van der Waals surface area (Å²) in [7, 11) is -3.89. The molecule has 0 unspecified atom stereocenters. The van der Waals surface area contributed by atoms with Gasteiger partial charge in [0.2, 0.25) is 0 Å². The minimum Gasteiger partial charge on any atom is -0.409 e. The molecule has 0 radical (unpaired) electrons. The van der Waals surface area contributed by atoms with Gasteiger partial charge >= 0.3 is 17.2 Å². The maximum Gasteiger partial charge on any atom is 0.530 e. The van der Waals surface area contributed by atoms with Gasteiger partial charge in [0.05, 0.1) is 0 Å². The third-order valence-corrected chi connectivity index (χ3v) is 8.94. The highest BCUT2D eigenvalue weighted by atomic mass is 31.2. The summed E-state index contributed by atoms with van der Waals surface area (Å²) in [5.74, 6) is 3.49. The summed E-state index contributed by atoms with van der Waals surface area (Å²) >= 11 is 0. The van der Waals surface area contributed by atoms with E-state index in [1.807, 2.05) is 158 Å². The monoisotopic (exact) mass is 670 g/mol. The van der Waals surface area contributed by atoms with E-state index in [-0.39, 0.29) is 0 Å². The first-order chi connectivity index (χ1) is 23.7. The van der Waals surface area contributed by atoms with Crippen molar-refractivity contribution in [2.24, 2.45) is 0 Å². The number of para-hydroxylation sites is 4. The molecule has 0 saturated heterocycles. The van der Waals surface area contributed by atoms with Crippen LogP contribution in [0.15, 0.2) is 171 Å². The van der Waals surface area contributed by atoms with Crippen LogP contribution in [0.3, 0.4) is 0 Å². The molecular weight excluding hydrogens is 638 g/mol. The fourth-order valence-electron chi connectivity index (χ4n) is 4.47. The van der Waals surface area contributed by atoms with Crippen molar-refractivity contribution in [3.63, 3.8) is 0 Å². The second kappa shape index (κ2) is 16.3. The first kappa shape index (κ1) is 32.4. The molecule has 6 aromatic carbocycles. The average molecular weight is 671 g/mol. The van der Waals surface area contributed by atoms with E-state index in [9.17, 15) is 0 Å². The predicted molar refractivity (Wildman–Crippen MR) is 195 cm³/mol. The Labute approximate surface area is 283 Å². The van der Waals surface area contributed by atoms with Crippen molar-refractivity contribution in [3.05, 3.63) is 182 Å². The van der Waals surface area contributed by atoms with Gasteiger partial charge in [-0.25, -0.2) is 0 Å². The maximum absolute atomic E-state index is 6.58. The highest BCUT2D eigenvalue weighted by Crippen LogP contribution is 2.50. The standard InChI is InChI=1S/C40H32O6P2/c1-3-31-25-27-39(45-47(41-33-17-9-5-10-18-33)42-34-19-11-6-12-20-34)37(29-31)38-30-32(4-2)26-28-40(38)46-48(43-35-21-13-7-14-22-35)44-36-23-15-8-16-24-36/h3-30H,1-2H2. The second-order valence-corrected chi connectivity index (χ2v) is 12.2. The van der Waals surface area contributed by atoms with Crippen LogP contribution in [-0.4, -0.2) is 0 Å². The molecule has 6 nitrogen and oxygen atoms in total. The number of hydrogen-bond acceptors (Lipinski definition) is 6. The Bertz CT molecular complexity index is 1700. The Kier molecular flexibility index (Phi) is 11.0. The van der Waals surface area contributed by atoms with E-state index in [1.165, 1.54) is 0 Å². The molecule has 6 rings (SSSR count). The molecule has 8 heteroatoms. The largest absolute Gasteiger partial charge is 0.530 e. The lowest BCUT2D eigenvalue weighted by molar-refractivity contribution is 0.385. The normalized spacial score (nSPS) is 10.6. The fraction of sp³-hybridized carbons (Fsp3) is 0. The molecule has 48 heavy (non-hydrogen) atoms. The zero-order valence-corrected chi connectivity index (χ0v) is 27.7. The van der Waals surface area contributed by atoms with Crippen molar-refractivity contribution < 1.29 is 27.1 Å². The van der Waals surface area contributed by atoms with E-state index < -0.39 is 17.2 Å². The topological polar surface area (TPSA) is 55.4 Å². The lowest BCUT2D eigenvalue weighted by Gasteiger charge is -2.22. The highest BCUT2D eigenvalue weighted by Gasteiger charge is 2.26. The first-order valence-electron chi connectivity index (χ1n) is 15.1. The molecular formula is C40H32O6P2. The SMILES string of the molecule is C=Cc1ccc(OP(Oc2ccccc2)Oc2ccccc2)c(-c2cc(C=C)ccc2OP(Oc2ccccc2)Oc2ccccc2)c1. The van der Waals surface area contributed by atoms with Crippen LogP contribution in [-0.2, 0) is 0 Å². The summed E-state index contributed by atoms with van der Waals surface area (Å²) in [5, 5.41) is 0. The fourth-order valence-corrected chi connectivity index (χ4v) is 6.51. The Balaban J connectivity index is 1.39. The minimum absolute atomic E-state index is 0.516. The number of benzene rings is 6. The lowest BCUT2D eigenvalue weighted by Crippen LogP contribution is -2.05. The van der Waals surface area contributed by atoms with Gasteiger partial charge in [-0.1, -0.05) is 110 Å². The van der Waals surface area contributed by atoms with Gasteiger partial charge in [0.25, 0.3) is 0 Å². The van der Waals surface area contributed by atoms with Crippen molar-refractivity contribution in [3.8, 4) is 45.6 Å². The highest BCUT2D eigenvalue weighted by molar-refractivity contribution is 7.43. The summed E-state index contributed by atoms with van der Waals surface area (Å²) in [5.41, 5.74) is 3.21. The zero-order chi connectivity index (χ0) is 33.0. The first-order valence-corrected chi connectivity index (χ1v) is 17.3. The predicted octanol–water partition coefficient (Wildman–Crippen LogP) is 12.2. The summed E-state index contributed by atoms with van der Waals surface area (Å²) in [6.45, 7) is 7.99. The van der Waals surface area contributed by atoms with Crippen molar-refractivity contribution >= 4 is 29.4 Å². The van der Waals surface area contributed by atoms with E-state index in [1.54, 1.807) is 12.2 Å². The summed E-state index contributed by atoms with van der Waals surface area (Å²) in [6.07, 6.45) is 3.55. The van der Waals surface area contributed by atoms with Crippen molar-refractivity contribution in [2.75, 3.05) is 0 Å². The van der Waals surface area contributed by atoms with E-state index in [4.69, 9.17) is 27.1 Å². The van der Waals surface area contributed by atoms with Gasteiger partial charge < -0.3 is 27.1 Å². The van der Waals surface area contributed by atoms with E-state index in [2.05, 4.69) is 13.2 Å². The molecule has 0 aliphatic heterocycles. The molecule has 0 N–H and O–H groups in total. The van der Waals surface area contributed by atoms with Gasteiger partial charge in [-0.2, -0.15) is 0 Å². The summed E-state index contributed by atoms with van der Waals surface area (Å²) in [4.78, 5) is 0. The molecule has 0 atom stereocenters. The van der Waals surface area contributed by atoms with E-state index in [0.29, 0.717) is 34.5 Å². The van der Waals surface area contributed by atoms with Gasteiger partial charge in [0.15, 0.2) is 0 Å². The quantitative estimate of drug-likeness (QED) is 0.101. The van der Waals surface area contributed by atoms with Gasteiger partial charge in [-0.3, -0.25) is 0 Å². The molecule has 0 aliphatic rings. The average Bonchev–Trinajstić information content (AvgIpc) is 3.13. The van der Waals surface area contributed by atoms with Crippen LogP contribution in [0.5, 0.6) is 34.5 Å². The smallest absolute Gasteiger partial charge is 0.409 e. The molecule has 6 aromatic rings. The summed E-state index contributed by atoms with van der Waals surface area (Å²) in [6, 6.07) is 49.3. The van der Waals surface area contributed by atoms with Crippen molar-refractivity contribution in [1.82, 2.24) is 0 Å². The molecule has 0 spiro atoms. The molecule has 238 valence electrons. The Hall–Kier alpha value is -5.54. The second-order valence-electron chi connectivity index (χ2n) is 10.2. The van der Waals surface area contributed by atoms with Crippen LogP contribution in [0, 0.1) is 0 Å². The van der Waals surface area contributed by atoms with Crippen LogP contribution in [0.2, 0.25) is 0 Å². The van der Waals surface area contributed by atoms with Crippen molar-refractivity contribution in [2.45, 2.75) is 0 Å². The molecule has 0 aromatic heterocycles. The Morgan fingerprint density at radius 2 is 0.646 bits per heavy atom. The van der Waals surface area contributed by atoms with Crippen LogP contribution < -0.4 is 27.1 Å². The van der Waals surface area contributed by atoms with Gasteiger partial charge in [0, 0.05) is 11.1 Å². The van der Waals surface area contributed by atoms with E-state index >= 15 is 0 Å². The number of hydrogen-bond donors (Lipinski definition) is 0.